The Bertz CT molecular complexity index is 1180. The Kier molecular flexibility index (Phi) is 7.02. The summed E-state index contributed by atoms with van der Waals surface area (Å²) in [7, 11) is 0. The van der Waals surface area contributed by atoms with Gasteiger partial charge >= 0.3 is 0 Å². The standard InChI is InChI=1S/C23H15BrCl2N2O2S/c24-16-3-1-14(2-4-16)13-30-20-10-7-18(26)11-15(20)12-21-22(29)28-23(31-21)27-19-8-5-17(25)6-9-19/h1-12H,13H2,(H,27,28,29)/b21-12-. The van der Waals surface area contributed by atoms with Gasteiger partial charge in [-0.05, 0) is 78.0 Å². The van der Waals surface area contributed by atoms with Crippen molar-refractivity contribution >= 4 is 73.7 Å². The number of nitrogens with one attached hydrogen (secondary N) is 1. The minimum atomic E-state index is -0.225. The molecule has 31 heavy (non-hydrogen) atoms. The van der Waals surface area contributed by atoms with Crippen molar-refractivity contribution in [1.29, 1.82) is 0 Å². The molecule has 0 bridgehead atoms. The van der Waals surface area contributed by atoms with E-state index in [0.29, 0.717) is 38.2 Å². The zero-order chi connectivity index (χ0) is 21.8. The van der Waals surface area contributed by atoms with Crippen LogP contribution in [-0.2, 0) is 11.4 Å². The van der Waals surface area contributed by atoms with Gasteiger partial charge in [-0.15, -0.1) is 0 Å². The maximum absolute atomic E-state index is 12.5. The Hall–Kier alpha value is -2.25. The number of benzene rings is 3. The Labute approximate surface area is 202 Å². The lowest BCUT2D eigenvalue weighted by atomic mass is 10.1. The van der Waals surface area contributed by atoms with Crippen LogP contribution in [0.2, 0.25) is 10.0 Å². The van der Waals surface area contributed by atoms with E-state index in [-0.39, 0.29) is 5.91 Å². The van der Waals surface area contributed by atoms with Crippen molar-refractivity contribution in [3.05, 3.63) is 97.3 Å². The summed E-state index contributed by atoms with van der Waals surface area (Å²) in [5.41, 5.74) is 2.45. The van der Waals surface area contributed by atoms with Crippen molar-refractivity contribution in [2.75, 3.05) is 0 Å². The highest BCUT2D eigenvalue weighted by Crippen LogP contribution is 2.32. The lowest BCUT2D eigenvalue weighted by Gasteiger charge is -2.10. The van der Waals surface area contributed by atoms with Crippen LogP contribution in [0.4, 0.5) is 5.69 Å². The summed E-state index contributed by atoms with van der Waals surface area (Å²) in [6.45, 7) is 0.397. The number of rotatable bonds is 5. The molecule has 0 atom stereocenters. The minimum Gasteiger partial charge on any atom is -0.488 e. The van der Waals surface area contributed by atoms with Crippen LogP contribution in [0.25, 0.3) is 6.08 Å². The van der Waals surface area contributed by atoms with Gasteiger partial charge in [0, 0.05) is 20.1 Å². The number of hydrogen-bond acceptors (Lipinski definition) is 4. The predicted molar refractivity (Wildman–Crippen MR) is 132 cm³/mol. The second-order valence-corrected chi connectivity index (χ2v) is 9.37. The molecule has 1 aliphatic heterocycles. The molecule has 3 aromatic carbocycles. The van der Waals surface area contributed by atoms with Crippen LogP contribution in [0, 0.1) is 0 Å². The van der Waals surface area contributed by atoms with Gasteiger partial charge in [-0.2, -0.15) is 0 Å². The molecular formula is C23H15BrCl2N2O2S. The second-order valence-electron chi connectivity index (χ2n) is 6.56. The maximum Gasteiger partial charge on any atom is 0.264 e. The van der Waals surface area contributed by atoms with Gasteiger partial charge in [0.2, 0.25) is 0 Å². The highest BCUT2D eigenvalue weighted by Gasteiger charge is 2.24. The molecule has 1 aliphatic rings. The topological polar surface area (TPSA) is 50.7 Å². The number of halogens is 3. The average molecular weight is 534 g/mol. The summed E-state index contributed by atoms with van der Waals surface area (Å²) >= 11 is 16.8. The molecule has 1 fully saturated rings. The third-order valence-corrected chi connectivity index (χ3v) is 6.20. The molecular weight excluding hydrogens is 519 g/mol. The van der Waals surface area contributed by atoms with Crippen LogP contribution in [0.5, 0.6) is 5.75 Å². The molecule has 0 saturated carbocycles. The van der Waals surface area contributed by atoms with Crippen molar-refractivity contribution in [3.8, 4) is 5.75 Å². The lowest BCUT2D eigenvalue weighted by molar-refractivity contribution is -0.115. The van der Waals surface area contributed by atoms with Crippen molar-refractivity contribution in [2.45, 2.75) is 6.61 Å². The summed E-state index contributed by atoms with van der Waals surface area (Å²) in [6, 6.07) is 20.3. The Morgan fingerprint density at radius 1 is 1.00 bits per heavy atom. The van der Waals surface area contributed by atoms with Crippen molar-refractivity contribution < 1.29 is 9.53 Å². The van der Waals surface area contributed by atoms with E-state index in [4.69, 9.17) is 27.9 Å². The Balaban J connectivity index is 1.54. The highest BCUT2D eigenvalue weighted by atomic mass is 79.9. The van der Waals surface area contributed by atoms with Crippen molar-refractivity contribution in [1.82, 2.24) is 5.32 Å². The van der Waals surface area contributed by atoms with E-state index in [1.807, 2.05) is 24.3 Å². The van der Waals surface area contributed by atoms with Gasteiger partial charge in [0.05, 0.1) is 10.6 Å². The molecule has 3 aromatic rings. The van der Waals surface area contributed by atoms with Gasteiger partial charge in [-0.1, -0.05) is 51.3 Å². The molecule has 1 N–H and O–H groups in total. The number of amidine groups is 1. The molecule has 0 radical (unpaired) electrons. The molecule has 4 rings (SSSR count). The van der Waals surface area contributed by atoms with Gasteiger partial charge in [0.25, 0.3) is 5.91 Å². The number of carbonyl (C=O) groups excluding carboxylic acids is 1. The van der Waals surface area contributed by atoms with Gasteiger partial charge in [0.15, 0.2) is 5.17 Å². The number of thioether (sulfide) groups is 1. The van der Waals surface area contributed by atoms with Crippen LogP contribution in [0.3, 0.4) is 0 Å². The van der Waals surface area contributed by atoms with E-state index in [1.54, 1.807) is 48.5 Å². The molecule has 1 heterocycles. The van der Waals surface area contributed by atoms with Crippen molar-refractivity contribution in [2.24, 2.45) is 4.99 Å². The fourth-order valence-electron chi connectivity index (χ4n) is 2.76. The summed E-state index contributed by atoms with van der Waals surface area (Å²) < 4.78 is 7.00. The smallest absolute Gasteiger partial charge is 0.264 e. The maximum atomic E-state index is 12.5. The summed E-state index contributed by atoms with van der Waals surface area (Å²) in [5, 5.41) is 4.46. The first kappa shape index (κ1) is 22.0. The van der Waals surface area contributed by atoms with Gasteiger partial charge in [-0.3, -0.25) is 4.79 Å². The fourth-order valence-corrected chi connectivity index (χ4v) is 4.16. The fraction of sp³-hybridized carbons (Fsp3) is 0.0435. The molecule has 156 valence electrons. The van der Waals surface area contributed by atoms with Gasteiger partial charge in [-0.25, -0.2) is 4.99 Å². The normalized spacial score (nSPS) is 16.0. The van der Waals surface area contributed by atoms with E-state index >= 15 is 0 Å². The van der Waals surface area contributed by atoms with Crippen molar-refractivity contribution in [3.63, 3.8) is 0 Å². The third kappa shape index (κ3) is 5.92. The largest absolute Gasteiger partial charge is 0.488 e. The quantitative estimate of drug-likeness (QED) is 0.352. The van der Waals surface area contributed by atoms with E-state index in [1.165, 1.54) is 11.8 Å². The van der Waals surface area contributed by atoms with Crippen LogP contribution in [-0.4, -0.2) is 11.1 Å². The summed E-state index contributed by atoms with van der Waals surface area (Å²) in [4.78, 5) is 17.4. The molecule has 0 unspecified atom stereocenters. The number of aliphatic imine (C=N–C) groups is 1. The van der Waals surface area contributed by atoms with Crippen LogP contribution in [0.15, 0.2) is 81.1 Å². The number of hydrogen-bond donors (Lipinski definition) is 1. The monoisotopic (exact) mass is 532 g/mol. The molecule has 8 heteroatoms. The highest BCUT2D eigenvalue weighted by molar-refractivity contribution is 9.10. The Morgan fingerprint density at radius 3 is 2.45 bits per heavy atom. The third-order valence-electron chi connectivity index (χ3n) is 4.27. The zero-order valence-electron chi connectivity index (χ0n) is 15.9. The molecule has 1 saturated heterocycles. The predicted octanol–water partition coefficient (Wildman–Crippen LogP) is 7.23. The number of amides is 1. The zero-order valence-corrected chi connectivity index (χ0v) is 19.9. The van der Waals surface area contributed by atoms with Crippen LogP contribution >= 0.6 is 50.9 Å². The second kappa shape index (κ2) is 9.92. The van der Waals surface area contributed by atoms with Crippen LogP contribution in [0.1, 0.15) is 11.1 Å². The molecule has 0 aliphatic carbocycles. The van der Waals surface area contributed by atoms with Gasteiger partial charge in [0.1, 0.15) is 12.4 Å². The number of carbonyl (C=O) groups is 1. The molecule has 0 spiro atoms. The molecule has 1 amide bonds. The van der Waals surface area contributed by atoms with E-state index < -0.39 is 0 Å². The molecule has 0 aromatic heterocycles. The molecule has 4 nitrogen and oxygen atoms in total. The lowest BCUT2D eigenvalue weighted by Crippen LogP contribution is -2.19. The summed E-state index contributed by atoms with van der Waals surface area (Å²) in [6.07, 6.45) is 1.76. The SMILES string of the molecule is O=C1NC(=Nc2ccc(Cl)cc2)S/C1=C\c1cc(Cl)ccc1OCc1ccc(Br)cc1. The van der Waals surface area contributed by atoms with Crippen LogP contribution < -0.4 is 10.1 Å². The average Bonchev–Trinajstić information content (AvgIpc) is 3.09. The first-order chi connectivity index (χ1) is 15.0. The number of ether oxygens (including phenoxy) is 1. The van der Waals surface area contributed by atoms with E-state index in [9.17, 15) is 4.79 Å². The minimum absolute atomic E-state index is 0.225. The van der Waals surface area contributed by atoms with E-state index in [2.05, 4.69) is 26.2 Å². The first-order valence-electron chi connectivity index (χ1n) is 9.18. The number of nitrogens with zero attached hydrogens (tertiary/aromatic N) is 1. The Morgan fingerprint density at radius 2 is 1.71 bits per heavy atom. The van der Waals surface area contributed by atoms with Gasteiger partial charge < -0.3 is 10.1 Å². The first-order valence-corrected chi connectivity index (χ1v) is 11.5. The summed E-state index contributed by atoms with van der Waals surface area (Å²) in [5.74, 6) is 0.410. The van der Waals surface area contributed by atoms with E-state index in [0.717, 1.165) is 15.6 Å².